The van der Waals surface area contributed by atoms with E-state index in [-0.39, 0.29) is 17.8 Å². The van der Waals surface area contributed by atoms with Crippen molar-refractivity contribution < 1.29 is 23.8 Å². The molecule has 1 aliphatic carbocycles. The van der Waals surface area contributed by atoms with Gasteiger partial charge in [-0.05, 0) is 37.0 Å². The molecule has 6 nitrogen and oxygen atoms in total. The number of esters is 1. The number of carbonyl (C=O) groups excluding carboxylic acids is 2. The van der Waals surface area contributed by atoms with E-state index in [1.54, 1.807) is 27.2 Å². The Kier molecular flexibility index (Phi) is 6.32. The Labute approximate surface area is 185 Å². The Morgan fingerprint density at radius 1 is 1.20 bits per heavy atom. The Morgan fingerprint density at radius 2 is 1.83 bits per heavy atom. The van der Waals surface area contributed by atoms with Crippen molar-refractivity contribution in [3.05, 3.63) is 45.2 Å². The molecule has 3 rings (SSSR count). The van der Waals surface area contributed by atoms with Crippen LogP contribution in [0, 0.1) is 11.3 Å². The third-order valence-corrected chi connectivity index (χ3v) is 6.26. The van der Waals surface area contributed by atoms with Crippen LogP contribution in [-0.4, -0.2) is 32.6 Å². The standard InChI is InChI=1S/C23H28BrNO5/c1-7-30-22(27)19-12(2)25-15-10-23(3,4)11-16(26)21(15)20(19)13-8-17(28-5)18(29-6)9-14(13)24/h8-10,20-21,25H,7,11H2,1-6H3. The monoisotopic (exact) mass is 477 g/mol. The molecule has 0 aromatic heterocycles. The largest absolute Gasteiger partial charge is 0.493 e. The molecule has 0 amide bonds. The maximum absolute atomic E-state index is 13.3. The number of methoxy groups -OCH3 is 2. The number of ether oxygens (including phenoxy) is 3. The van der Waals surface area contributed by atoms with Gasteiger partial charge < -0.3 is 19.5 Å². The Morgan fingerprint density at radius 3 is 2.43 bits per heavy atom. The van der Waals surface area contributed by atoms with Gasteiger partial charge in [-0.25, -0.2) is 4.79 Å². The number of hydrogen-bond acceptors (Lipinski definition) is 6. The highest BCUT2D eigenvalue weighted by atomic mass is 79.9. The van der Waals surface area contributed by atoms with Gasteiger partial charge in [0.2, 0.25) is 0 Å². The highest BCUT2D eigenvalue weighted by Crippen LogP contribution is 2.50. The van der Waals surface area contributed by atoms with E-state index in [0.717, 1.165) is 15.7 Å². The van der Waals surface area contributed by atoms with Crippen LogP contribution >= 0.6 is 15.9 Å². The fraction of sp³-hybridized carbons (Fsp3) is 0.478. The first-order valence-electron chi connectivity index (χ1n) is 9.95. The zero-order valence-corrected chi connectivity index (χ0v) is 19.8. The van der Waals surface area contributed by atoms with Crippen molar-refractivity contribution in [1.82, 2.24) is 5.32 Å². The third kappa shape index (κ3) is 4.00. The third-order valence-electron chi connectivity index (χ3n) is 5.57. The molecule has 0 saturated carbocycles. The van der Waals surface area contributed by atoms with Crippen molar-refractivity contribution in [1.29, 1.82) is 0 Å². The Balaban J connectivity index is 2.27. The molecule has 30 heavy (non-hydrogen) atoms. The SMILES string of the molecule is CCOC(=O)C1=C(C)NC2=CC(C)(C)CC(=O)C2C1c1cc(OC)c(OC)cc1Br. The zero-order valence-electron chi connectivity index (χ0n) is 18.2. The van der Waals surface area contributed by atoms with E-state index in [1.165, 1.54) is 0 Å². The van der Waals surface area contributed by atoms with Crippen molar-refractivity contribution in [3.8, 4) is 11.5 Å². The normalized spacial score (nSPS) is 22.6. The average Bonchev–Trinajstić information content (AvgIpc) is 2.65. The van der Waals surface area contributed by atoms with Gasteiger partial charge in [-0.1, -0.05) is 35.9 Å². The second-order valence-electron chi connectivity index (χ2n) is 8.30. The summed E-state index contributed by atoms with van der Waals surface area (Å²) in [4.78, 5) is 26.3. The van der Waals surface area contributed by atoms with Crippen LogP contribution in [0.5, 0.6) is 11.5 Å². The van der Waals surface area contributed by atoms with Crippen molar-refractivity contribution in [2.75, 3.05) is 20.8 Å². The molecule has 2 unspecified atom stereocenters. The summed E-state index contributed by atoms with van der Waals surface area (Å²) in [5, 5.41) is 3.31. The van der Waals surface area contributed by atoms with E-state index in [2.05, 4.69) is 27.3 Å². The number of hydrogen-bond donors (Lipinski definition) is 1. The number of halogens is 1. The lowest BCUT2D eigenvalue weighted by Crippen LogP contribution is -2.43. The molecule has 0 radical (unpaired) electrons. The first-order valence-corrected chi connectivity index (χ1v) is 10.7. The molecule has 7 heteroatoms. The lowest BCUT2D eigenvalue weighted by Gasteiger charge is -2.41. The minimum atomic E-state index is -0.505. The van der Waals surface area contributed by atoms with Gasteiger partial charge in [0.05, 0.1) is 32.3 Å². The Bertz CT molecular complexity index is 947. The number of Topliss-reactive ketones (excluding diaryl/α,β-unsaturated/α-hetero) is 1. The summed E-state index contributed by atoms with van der Waals surface area (Å²) in [6, 6.07) is 3.63. The average molecular weight is 478 g/mol. The molecule has 2 atom stereocenters. The molecular formula is C23H28BrNO5. The summed E-state index contributed by atoms with van der Waals surface area (Å²) < 4.78 is 17.0. The van der Waals surface area contributed by atoms with E-state index in [9.17, 15) is 9.59 Å². The highest BCUT2D eigenvalue weighted by Gasteiger charge is 2.47. The predicted molar refractivity (Wildman–Crippen MR) is 117 cm³/mol. The number of benzene rings is 1. The highest BCUT2D eigenvalue weighted by molar-refractivity contribution is 9.10. The van der Waals surface area contributed by atoms with Crippen LogP contribution in [0.1, 0.15) is 45.6 Å². The molecular weight excluding hydrogens is 450 g/mol. The van der Waals surface area contributed by atoms with Crippen LogP contribution < -0.4 is 14.8 Å². The van der Waals surface area contributed by atoms with Crippen LogP contribution in [0.4, 0.5) is 0 Å². The minimum Gasteiger partial charge on any atom is -0.493 e. The second kappa shape index (κ2) is 8.46. The van der Waals surface area contributed by atoms with Crippen molar-refractivity contribution in [2.45, 2.75) is 40.0 Å². The second-order valence-corrected chi connectivity index (χ2v) is 9.15. The van der Waals surface area contributed by atoms with Crippen molar-refractivity contribution >= 4 is 27.7 Å². The number of allylic oxidation sites excluding steroid dienone is 3. The summed E-state index contributed by atoms with van der Waals surface area (Å²) in [5.41, 5.74) is 2.50. The zero-order chi connectivity index (χ0) is 22.2. The summed E-state index contributed by atoms with van der Waals surface area (Å²) >= 11 is 3.62. The van der Waals surface area contributed by atoms with E-state index >= 15 is 0 Å². The van der Waals surface area contributed by atoms with Gasteiger partial charge in [-0.15, -0.1) is 0 Å². The quantitative estimate of drug-likeness (QED) is 0.629. The lowest BCUT2D eigenvalue weighted by atomic mass is 9.66. The van der Waals surface area contributed by atoms with Crippen LogP contribution in [0.25, 0.3) is 0 Å². The predicted octanol–water partition coefficient (Wildman–Crippen LogP) is 4.49. The molecule has 1 N–H and O–H groups in total. The molecule has 1 aromatic rings. The number of carbonyl (C=O) groups is 2. The van der Waals surface area contributed by atoms with Gasteiger partial charge in [-0.2, -0.15) is 0 Å². The van der Waals surface area contributed by atoms with E-state index in [0.29, 0.717) is 29.2 Å². The molecule has 1 aromatic carbocycles. The molecule has 2 aliphatic rings. The fourth-order valence-corrected chi connectivity index (χ4v) is 4.96. The van der Waals surface area contributed by atoms with Gasteiger partial charge >= 0.3 is 5.97 Å². The number of ketones is 1. The lowest BCUT2D eigenvalue weighted by molar-refractivity contribution is -0.139. The van der Waals surface area contributed by atoms with Crippen LogP contribution in [0.15, 0.2) is 39.6 Å². The minimum absolute atomic E-state index is 0.0889. The number of nitrogens with one attached hydrogen (secondary N) is 1. The van der Waals surface area contributed by atoms with Gasteiger partial charge in [0.25, 0.3) is 0 Å². The summed E-state index contributed by atoms with van der Waals surface area (Å²) in [6.07, 6.45) is 2.51. The summed E-state index contributed by atoms with van der Waals surface area (Å²) in [7, 11) is 3.13. The van der Waals surface area contributed by atoms with Gasteiger partial charge in [0, 0.05) is 28.2 Å². The maximum atomic E-state index is 13.3. The molecule has 0 fully saturated rings. The molecule has 1 aliphatic heterocycles. The smallest absolute Gasteiger partial charge is 0.336 e. The van der Waals surface area contributed by atoms with Gasteiger partial charge in [0.1, 0.15) is 5.78 Å². The number of fused-ring (bicyclic) bond motifs is 1. The van der Waals surface area contributed by atoms with Crippen LogP contribution in [0.3, 0.4) is 0 Å². The molecule has 0 bridgehead atoms. The molecule has 0 spiro atoms. The van der Waals surface area contributed by atoms with Crippen LogP contribution in [-0.2, 0) is 14.3 Å². The summed E-state index contributed by atoms with van der Waals surface area (Å²) in [5.74, 6) is -0.252. The van der Waals surface area contributed by atoms with E-state index in [1.807, 2.05) is 26.8 Å². The maximum Gasteiger partial charge on any atom is 0.336 e. The fourth-order valence-electron chi connectivity index (χ4n) is 4.39. The van der Waals surface area contributed by atoms with E-state index < -0.39 is 17.8 Å². The number of rotatable bonds is 5. The summed E-state index contributed by atoms with van der Waals surface area (Å²) in [6.45, 7) is 7.94. The first-order chi connectivity index (χ1) is 14.1. The molecule has 1 heterocycles. The topological polar surface area (TPSA) is 73.9 Å². The van der Waals surface area contributed by atoms with E-state index in [4.69, 9.17) is 14.2 Å². The first kappa shape index (κ1) is 22.4. The van der Waals surface area contributed by atoms with Gasteiger partial charge in [-0.3, -0.25) is 4.79 Å². The molecule has 0 saturated heterocycles. The molecule has 162 valence electrons. The Hall–Kier alpha value is -2.28. The van der Waals surface area contributed by atoms with Crippen molar-refractivity contribution in [2.24, 2.45) is 11.3 Å². The van der Waals surface area contributed by atoms with Crippen molar-refractivity contribution in [3.63, 3.8) is 0 Å². The van der Waals surface area contributed by atoms with Gasteiger partial charge in [0.15, 0.2) is 11.5 Å². The van der Waals surface area contributed by atoms with Crippen LogP contribution in [0.2, 0.25) is 0 Å².